The minimum atomic E-state index is -0.580. The zero-order valence-electron chi connectivity index (χ0n) is 16.1. The zero-order chi connectivity index (χ0) is 19.1. The molecule has 0 spiro atoms. The molecular formula is C21H26N2O3. The number of rotatable bonds is 3. The molecule has 2 aliphatic rings. The summed E-state index contributed by atoms with van der Waals surface area (Å²) in [6.45, 7) is 9.68. The number of nitrogens with zero attached hydrogens (tertiary/aromatic N) is 2. The van der Waals surface area contributed by atoms with E-state index in [1.54, 1.807) is 12.4 Å². The minimum absolute atomic E-state index is 0.0802. The van der Waals surface area contributed by atoms with Gasteiger partial charge in [0.05, 0.1) is 6.10 Å². The van der Waals surface area contributed by atoms with Gasteiger partial charge < -0.3 is 4.74 Å². The third-order valence-corrected chi connectivity index (χ3v) is 4.97. The van der Waals surface area contributed by atoms with Gasteiger partial charge in [0.25, 0.3) is 0 Å². The molecule has 2 atom stereocenters. The fourth-order valence-electron chi connectivity index (χ4n) is 3.99. The highest BCUT2D eigenvalue weighted by molar-refractivity contribution is 6.09. The smallest absolute Gasteiger partial charge is 0.315 e. The fraction of sp³-hybridized carbons (Fsp3) is 0.524. The molecule has 0 N–H and O–H groups in total. The second kappa shape index (κ2) is 6.78. The Morgan fingerprint density at radius 2 is 1.88 bits per heavy atom. The lowest BCUT2D eigenvalue weighted by molar-refractivity contribution is -0.150. The normalized spacial score (nSPS) is 25.0. The highest BCUT2D eigenvalue weighted by atomic mass is 16.5. The lowest BCUT2D eigenvalue weighted by Gasteiger charge is -2.39. The number of hydrogen-bond donors (Lipinski definition) is 0. The number of hydrogen-bond acceptors (Lipinski definition) is 5. The number of Topliss-reactive ketones (excluding diaryl/α,β-unsaturated/α-hetero) is 1. The highest BCUT2D eigenvalue weighted by Crippen LogP contribution is 2.47. The molecule has 0 radical (unpaired) electrons. The lowest BCUT2D eigenvalue weighted by atomic mass is 9.67. The van der Waals surface area contributed by atoms with E-state index in [4.69, 9.17) is 9.73 Å². The number of aliphatic imine (C=N–C) groups is 1. The maximum atomic E-state index is 13.0. The number of carbonyl (C=O) groups is 2. The van der Waals surface area contributed by atoms with Crippen molar-refractivity contribution in [3.8, 4) is 0 Å². The van der Waals surface area contributed by atoms with Crippen molar-refractivity contribution < 1.29 is 14.3 Å². The summed E-state index contributed by atoms with van der Waals surface area (Å²) in [5, 5.41) is 0. The van der Waals surface area contributed by atoms with Crippen molar-refractivity contribution in [2.75, 3.05) is 0 Å². The number of allylic oxidation sites excluding steroid dienone is 2. The second-order valence-corrected chi connectivity index (χ2v) is 8.28. The Labute approximate surface area is 154 Å². The van der Waals surface area contributed by atoms with Gasteiger partial charge in [0.15, 0.2) is 5.78 Å². The maximum Gasteiger partial charge on any atom is 0.315 e. The van der Waals surface area contributed by atoms with Gasteiger partial charge in [0.1, 0.15) is 5.92 Å². The summed E-state index contributed by atoms with van der Waals surface area (Å²) in [5.41, 5.74) is 2.99. The molecule has 0 saturated heterocycles. The molecule has 1 aromatic heterocycles. The molecule has 26 heavy (non-hydrogen) atoms. The second-order valence-electron chi connectivity index (χ2n) is 8.28. The molecule has 0 amide bonds. The number of pyridine rings is 1. The van der Waals surface area contributed by atoms with Gasteiger partial charge >= 0.3 is 5.97 Å². The summed E-state index contributed by atoms with van der Waals surface area (Å²) >= 11 is 0. The molecule has 0 saturated carbocycles. The number of aromatic nitrogens is 1. The topological polar surface area (TPSA) is 68.6 Å². The van der Waals surface area contributed by atoms with Crippen molar-refractivity contribution in [1.82, 2.24) is 4.98 Å². The van der Waals surface area contributed by atoms with Crippen LogP contribution in [0, 0.1) is 11.3 Å². The molecule has 1 aliphatic heterocycles. The van der Waals surface area contributed by atoms with E-state index in [9.17, 15) is 9.59 Å². The lowest BCUT2D eigenvalue weighted by Crippen LogP contribution is -2.40. The van der Waals surface area contributed by atoms with Crippen LogP contribution >= 0.6 is 0 Å². The van der Waals surface area contributed by atoms with E-state index >= 15 is 0 Å². The maximum absolute atomic E-state index is 13.0. The summed E-state index contributed by atoms with van der Waals surface area (Å²) in [4.78, 5) is 34.7. The van der Waals surface area contributed by atoms with Gasteiger partial charge in [0.2, 0.25) is 0 Å². The Morgan fingerprint density at radius 1 is 1.23 bits per heavy atom. The molecule has 138 valence electrons. The van der Waals surface area contributed by atoms with Crippen molar-refractivity contribution in [3.05, 3.63) is 41.4 Å². The molecule has 5 heteroatoms. The summed E-state index contributed by atoms with van der Waals surface area (Å²) in [6, 6.07) is 3.74. The van der Waals surface area contributed by atoms with E-state index in [1.807, 2.05) is 32.9 Å². The summed E-state index contributed by atoms with van der Waals surface area (Å²) in [5.74, 6) is -1.19. The first-order valence-corrected chi connectivity index (χ1v) is 9.11. The zero-order valence-corrected chi connectivity index (χ0v) is 16.1. The highest BCUT2D eigenvalue weighted by Gasteiger charge is 2.46. The largest absolute Gasteiger partial charge is 0.462 e. The Kier molecular flexibility index (Phi) is 4.82. The number of ether oxygens (including phenoxy) is 1. The summed E-state index contributed by atoms with van der Waals surface area (Å²) in [6.07, 6.45) is 4.37. The van der Waals surface area contributed by atoms with E-state index < -0.39 is 5.92 Å². The minimum Gasteiger partial charge on any atom is -0.462 e. The predicted octanol–water partition coefficient (Wildman–Crippen LogP) is 3.85. The van der Waals surface area contributed by atoms with Crippen LogP contribution in [0.25, 0.3) is 0 Å². The molecular weight excluding hydrogens is 328 g/mol. The monoisotopic (exact) mass is 354 g/mol. The van der Waals surface area contributed by atoms with Crippen molar-refractivity contribution in [3.63, 3.8) is 0 Å². The van der Waals surface area contributed by atoms with E-state index in [1.165, 1.54) is 0 Å². The molecule has 2 heterocycles. The van der Waals surface area contributed by atoms with Gasteiger partial charge in [-0.05, 0) is 50.3 Å². The molecule has 1 aromatic rings. The SMILES string of the molecule is CC1=NC2=C(C(=O)CC(C)(C)C2)[C@@H](c2ccncc2)C1C(=O)OC(C)C. The van der Waals surface area contributed by atoms with E-state index in [0.717, 1.165) is 17.7 Å². The van der Waals surface area contributed by atoms with Gasteiger partial charge in [0, 0.05) is 41.7 Å². The Bertz CT molecular complexity index is 791. The first kappa shape index (κ1) is 18.5. The van der Waals surface area contributed by atoms with Crippen LogP contribution in [-0.2, 0) is 14.3 Å². The van der Waals surface area contributed by atoms with Crippen molar-refractivity contribution >= 4 is 17.5 Å². The van der Waals surface area contributed by atoms with Crippen LogP contribution in [0.4, 0.5) is 0 Å². The molecule has 0 bridgehead atoms. The number of carbonyl (C=O) groups excluding carboxylic acids is 2. The van der Waals surface area contributed by atoms with Crippen LogP contribution in [0.3, 0.4) is 0 Å². The molecule has 1 aliphatic carbocycles. The molecule has 5 nitrogen and oxygen atoms in total. The van der Waals surface area contributed by atoms with Crippen molar-refractivity contribution in [2.24, 2.45) is 16.3 Å². The quantitative estimate of drug-likeness (QED) is 0.773. The Balaban J connectivity index is 2.14. The average Bonchev–Trinajstić information content (AvgIpc) is 2.52. The van der Waals surface area contributed by atoms with Crippen LogP contribution in [0.5, 0.6) is 0 Å². The van der Waals surface area contributed by atoms with Crippen LogP contribution in [0.1, 0.15) is 58.9 Å². The van der Waals surface area contributed by atoms with Gasteiger partial charge in [-0.1, -0.05) is 13.8 Å². The summed E-state index contributed by atoms with van der Waals surface area (Å²) in [7, 11) is 0. The van der Waals surface area contributed by atoms with Crippen molar-refractivity contribution in [2.45, 2.75) is 59.5 Å². The van der Waals surface area contributed by atoms with E-state index in [0.29, 0.717) is 17.7 Å². The predicted molar refractivity (Wildman–Crippen MR) is 99.9 cm³/mol. The number of esters is 1. The van der Waals surface area contributed by atoms with Gasteiger partial charge in [-0.2, -0.15) is 0 Å². The first-order valence-electron chi connectivity index (χ1n) is 9.11. The fourth-order valence-corrected chi connectivity index (χ4v) is 3.99. The van der Waals surface area contributed by atoms with Crippen molar-refractivity contribution in [1.29, 1.82) is 0 Å². The Morgan fingerprint density at radius 3 is 2.50 bits per heavy atom. The van der Waals surface area contributed by atoms with Crippen LogP contribution in [0.2, 0.25) is 0 Å². The first-order chi connectivity index (χ1) is 12.2. The average molecular weight is 354 g/mol. The van der Waals surface area contributed by atoms with E-state index in [2.05, 4.69) is 18.8 Å². The van der Waals surface area contributed by atoms with E-state index in [-0.39, 0.29) is 29.2 Å². The third kappa shape index (κ3) is 3.48. The van der Waals surface area contributed by atoms with Gasteiger partial charge in [-0.3, -0.25) is 19.6 Å². The van der Waals surface area contributed by atoms with Crippen LogP contribution in [-0.4, -0.2) is 28.6 Å². The summed E-state index contributed by atoms with van der Waals surface area (Å²) < 4.78 is 5.50. The molecule has 1 unspecified atom stereocenters. The molecule has 3 rings (SSSR count). The Hall–Kier alpha value is -2.30. The van der Waals surface area contributed by atoms with Gasteiger partial charge in [-0.25, -0.2) is 0 Å². The standard InChI is InChI=1S/C21H26N2O3/c1-12(2)26-20(25)17-13(3)23-15-10-21(4,5)11-16(24)19(15)18(17)14-6-8-22-9-7-14/h6-9,12,17-18H,10-11H2,1-5H3/t17?,18-/m0/s1. The van der Waals surface area contributed by atoms with Gasteiger partial charge in [-0.15, -0.1) is 0 Å². The van der Waals surface area contributed by atoms with Crippen LogP contribution < -0.4 is 0 Å². The van der Waals surface area contributed by atoms with Crippen LogP contribution in [0.15, 0.2) is 40.8 Å². The molecule has 0 fully saturated rings. The third-order valence-electron chi connectivity index (χ3n) is 4.97. The number of ketones is 1. The molecule has 0 aromatic carbocycles.